The van der Waals surface area contributed by atoms with E-state index in [1.807, 2.05) is 30.3 Å². The number of aryl methyl sites for hydroxylation is 1. The van der Waals surface area contributed by atoms with Crippen molar-refractivity contribution in [2.24, 2.45) is 11.7 Å². The second-order valence-corrected chi connectivity index (χ2v) is 7.59. The smallest absolute Gasteiger partial charge is 0.221 e. The van der Waals surface area contributed by atoms with Gasteiger partial charge in [-0.3, -0.25) is 4.79 Å². The van der Waals surface area contributed by atoms with Crippen LogP contribution in [0.15, 0.2) is 30.3 Å². The molecule has 1 atom stereocenters. The molecule has 0 radical (unpaired) electrons. The number of nitrogens with zero attached hydrogens (tertiary/aromatic N) is 1. The Morgan fingerprint density at radius 1 is 1.29 bits per heavy atom. The van der Waals surface area contributed by atoms with Gasteiger partial charge in [-0.05, 0) is 31.2 Å². The third-order valence-corrected chi connectivity index (χ3v) is 5.81. The molecule has 1 fully saturated rings. The highest BCUT2D eigenvalue weighted by Gasteiger charge is 2.30. The number of primary amides is 1. The Morgan fingerprint density at radius 3 is 2.67 bits per heavy atom. The van der Waals surface area contributed by atoms with Crippen molar-refractivity contribution in [2.75, 3.05) is 18.8 Å². The van der Waals surface area contributed by atoms with Gasteiger partial charge >= 0.3 is 0 Å². The molecule has 6 heteroatoms. The molecule has 0 aliphatic carbocycles. The highest BCUT2D eigenvalue weighted by Crippen LogP contribution is 2.19. The number of carbonyl (C=O) groups is 1. The van der Waals surface area contributed by atoms with Crippen LogP contribution in [0.2, 0.25) is 0 Å². The van der Waals surface area contributed by atoms with Gasteiger partial charge in [0.25, 0.3) is 0 Å². The fourth-order valence-corrected chi connectivity index (χ4v) is 4.24. The first kappa shape index (κ1) is 16.0. The second kappa shape index (κ2) is 7.04. The fourth-order valence-electron chi connectivity index (χ4n) is 2.66. The van der Waals surface area contributed by atoms with E-state index in [1.165, 1.54) is 4.31 Å². The molecule has 5 nitrogen and oxygen atoms in total. The Morgan fingerprint density at radius 2 is 2.00 bits per heavy atom. The summed E-state index contributed by atoms with van der Waals surface area (Å²) in [5.74, 6) is -0.630. The van der Waals surface area contributed by atoms with Crippen LogP contribution in [0.1, 0.15) is 24.8 Å². The molecule has 1 amide bonds. The quantitative estimate of drug-likeness (QED) is 0.855. The molecule has 1 heterocycles. The SMILES string of the molecule is NC(=O)C1CCCN(S(=O)(=O)CCCc2ccccc2)C1. The summed E-state index contributed by atoms with van der Waals surface area (Å²) >= 11 is 0. The standard InChI is InChI=1S/C15H22N2O3S/c16-15(18)14-9-4-10-17(12-14)21(19,20)11-5-8-13-6-2-1-3-7-13/h1-3,6-7,14H,4-5,8-12H2,(H2,16,18). The molecule has 2 N–H and O–H groups in total. The molecule has 116 valence electrons. The van der Waals surface area contributed by atoms with Gasteiger partial charge in [0.2, 0.25) is 15.9 Å². The summed E-state index contributed by atoms with van der Waals surface area (Å²) in [6.07, 6.45) is 2.72. The second-order valence-electron chi connectivity index (χ2n) is 5.50. The molecule has 1 unspecified atom stereocenters. The number of carbonyl (C=O) groups excluding carboxylic acids is 1. The molecular weight excluding hydrogens is 288 g/mol. The van der Waals surface area contributed by atoms with Crippen molar-refractivity contribution in [2.45, 2.75) is 25.7 Å². The zero-order chi connectivity index (χ0) is 15.3. The van der Waals surface area contributed by atoms with Crippen molar-refractivity contribution in [1.82, 2.24) is 4.31 Å². The fraction of sp³-hybridized carbons (Fsp3) is 0.533. The number of rotatable bonds is 6. The molecular formula is C15H22N2O3S. The predicted octanol–water partition coefficient (Wildman–Crippen LogP) is 1.15. The van der Waals surface area contributed by atoms with E-state index in [4.69, 9.17) is 5.73 Å². The largest absolute Gasteiger partial charge is 0.369 e. The summed E-state index contributed by atoms with van der Waals surface area (Å²) in [6, 6.07) is 9.84. The van der Waals surface area contributed by atoms with Crippen LogP contribution in [0.25, 0.3) is 0 Å². The molecule has 0 bridgehead atoms. The maximum Gasteiger partial charge on any atom is 0.221 e. The monoisotopic (exact) mass is 310 g/mol. The molecule has 0 saturated carbocycles. The third kappa shape index (κ3) is 4.54. The van der Waals surface area contributed by atoms with Gasteiger partial charge in [-0.25, -0.2) is 12.7 Å². The van der Waals surface area contributed by atoms with Crippen molar-refractivity contribution in [3.8, 4) is 0 Å². The summed E-state index contributed by atoms with van der Waals surface area (Å²) < 4.78 is 26.1. The number of hydrogen-bond acceptors (Lipinski definition) is 3. The summed E-state index contributed by atoms with van der Waals surface area (Å²) in [5.41, 5.74) is 6.43. The first-order chi connectivity index (χ1) is 9.99. The summed E-state index contributed by atoms with van der Waals surface area (Å²) in [7, 11) is -3.29. The van der Waals surface area contributed by atoms with Crippen LogP contribution in [0.5, 0.6) is 0 Å². The lowest BCUT2D eigenvalue weighted by Gasteiger charge is -2.30. The van der Waals surface area contributed by atoms with E-state index < -0.39 is 15.9 Å². The number of benzene rings is 1. The van der Waals surface area contributed by atoms with Crippen LogP contribution < -0.4 is 5.73 Å². The van der Waals surface area contributed by atoms with Gasteiger partial charge in [-0.15, -0.1) is 0 Å². The zero-order valence-electron chi connectivity index (χ0n) is 12.1. The number of hydrogen-bond donors (Lipinski definition) is 1. The van der Waals surface area contributed by atoms with Crippen molar-refractivity contribution < 1.29 is 13.2 Å². The summed E-state index contributed by atoms with van der Waals surface area (Å²) in [5, 5.41) is 0. The van der Waals surface area contributed by atoms with Crippen LogP contribution in [-0.2, 0) is 21.2 Å². The molecule has 2 rings (SSSR count). The van der Waals surface area contributed by atoms with Gasteiger partial charge in [0.15, 0.2) is 0 Å². The Bertz CT molecular complexity index is 572. The molecule has 1 aromatic rings. The molecule has 1 saturated heterocycles. The van der Waals surface area contributed by atoms with Crippen LogP contribution in [0.4, 0.5) is 0 Å². The van der Waals surface area contributed by atoms with E-state index in [0.29, 0.717) is 25.8 Å². The molecule has 1 aliphatic rings. The van der Waals surface area contributed by atoms with Crippen LogP contribution in [-0.4, -0.2) is 37.5 Å². The lowest BCUT2D eigenvalue weighted by molar-refractivity contribution is -0.122. The highest BCUT2D eigenvalue weighted by molar-refractivity contribution is 7.89. The molecule has 0 aromatic heterocycles. The first-order valence-electron chi connectivity index (χ1n) is 7.30. The molecule has 1 aliphatic heterocycles. The lowest BCUT2D eigenvalue weighted by Crippen LogP contribution is -2.44. The van der Waals surface area contributed by atoms with Gasteiger partial charge in [0, 0.05) is 13.1 Å². The van der Waals surface area contributed by atoms with Crippen molar-refractivity contribution in [3.05, 3.63) is 35.9 Å². The topological polar surface area (TPSA) is 80.5 Å². The van der Waals surface area contributed by atoms with Gasteiger partial charge in [-0.2, -0.15) is 0 Å². The zero-order valence-corrected chi connectivity index (χ0v) is 12.9. The van der Waals surface area contributed by atoms with E-state index in [2.05, 4.69) is 0 Å². The molecule has 1 aromatic carbocycles. The number of sulfonamides is 1. The third-order valence-electron chi connectivity index (χ3n) is 3.89. The van der Waals surface area contributed by atoms with Crippen molar-refractivity contribution >= 4 is 15.9 Å². The maximum absolute atomic E-state index is 12.3. The Balaban J connectivity index is 1.88. The minimum atomic E-state index is -3.29. The first-order valence-corrected chi connectivity index (χ1v) is 8.91. The van der Waals surface area contributed by atoms with Gasteiger partial charge < -0.3 is 5.73 Å². The van der Waals surface area contributed by atoms with E-state index in [1.54, 1.807) is 0 Å². The summed E-state index contributed by atoms with van der Waals surface area (Å²) in [4.78, 5) is 11.2. The van der Waals surface area contributed by atoms with Crippen molar-refractivity contribution in [1.29, 1.82) is 0 Å². The average molecular weight is 310 g/mol. The minimum absolute atomic E-state index is 0.118. The van der Waals surface area contributed by atoms with E-state index in [0.717, 1.165) is 12.0 Å². The molecule has 21 heavy (non-hydrogen) atoms. The van der Waals surface area contributed by atoms with Crippen LogP contribution in [0.3, 0.4) is 0 Å². The van der Waals surface area contributed by atoms with E-state index in [-0.39, 0.29) is 18.2 Å². The average Bonchev–Trinajstić information content (AvgIpc) is 2.48. The Labute approximate surface area is 126 Å². The van der Waals surface area contributed by atoms with Crippen LogP contribution in [0, 0.1) is 5.92 Å². The number of piperidine rings is 1. The maximum atomic E-state index is 12.3. The van der Waals surface area contributed by atoms with Gasteiger partial charge in [0.05, 0.1) is 11.7 Å². The van der Waals surface area contributed by atoms with Gasteiger partial charge in [-0.1, -0.05) is 30.3 Å². The van der Waals surface area contributed by atoms with Crippen LogP contribution >= 0.6 is 0 Å². The Kier molecular flexibility index (Phi) is 5.36. The van der Waals surface area contributed by atoms with E-state index in [9.17, 15) is 13.2 Å². The lowest BCUT2D eigenvalue weighted by atomic mass is 9.99. The highest BCUT2D eigenvalue weighted by atomic mass is 32.2. The predicted molar refractivity (Wildman–Crippen MR) is 82.0 cm³/mol. The number of amides is 1. The normalized spacial score (nSPS) is 20.3. The Hall–Kier alpha value is -1.40. The van der Waals surface area contributed by atoms with E-state index >= 15 is 0 Å². The van der Waals surface area contributed by atoms with Crippen molar-refractivity contribution in [3.63, 3.8) is 0 Å². The minimum Gasteiger partial charge on any atom is -0.369 e. The summed E-state index contributed by atoms with van der Waals surface area (Å²) in [6.45, 7) is 0.737. The number of nitrogens with two attached hydrogens (primary N) is 1. The van der Waals surface area contributed by atoms with Gasteiger partial charge in [0.1, 0.15) is 0 Å². The molecule has 0 spiro atoms.